The molecule has 0 aliphatic heterocycles. The standard InChI is InChI=1S/C18H19N5O2S/c1-12-6-8-15(9-7-12)26(24,25)23-11-14(10-21-22-18(19)20)17-13(2)4-3-5-16(17)23/h3-11H,1-2H3,(H4,19,20,22)/b21-10+. The van der Waals surface area contributed by atoms with E-state index in [0.29, 0.717) is 11.1 Å². The summed E-state index contributed by atoms with van der Waals surface area (Å²) >= 11 is 0. The van der Waals surface area contributed by atoms with Gasteiger partial charge in [-0.05, 0) is 37.6 Å². The highest BCUT2D eigenvalue weighted by atomic mass is 32.2. The van der Waals surface area contributed by atoms with E-state index >= 15 is 0 Å². The molecule has 134 valence electrons. The molecule has 1 heterocycles. The van der Waals surface area contributed by atoms with Gasteiger partial charge >= 0.3 is 0 Å². The molecule has 0 fully saturated rings. The molecule has 2 aromatic carbocycles. The van der Waals surface area contributed by atoms with Crippen molar-refractivity contribution in [2.45, 2.75) is 18.7 Å². The number of hydrogen-bond donors (Lipinski definition) is 2. The summed E-state index contributed by atoms with van der Waals surface area (Å²) in [6.45, 7) is 3.81. The van der Waals surface area contributed by atoms with Crippen LogP contribution in [-0.4, -0.2) is 24.6 Å². The van der Waals surface area contributed by atoms with Crippen LogP contribution in [-0.2, 0) is 10.0 Å². The molecule has 0 spiro atoms. The SMILES string of the molecule is Cc1ccc(S(=O)(=O)n2cc(/C=N/N=C(N)N)c3c(C)cccc32)cc1. The highest BCUT2D eigenvalue weighted by Crippen LogP contribution is 2.27. The summed E-state index contributed by atoms with van der Waals surface area (Å²) < 4.78 is 27.5. The lowest BCUT2D eigenvalue weighted by molar-refractivity contribution is 0.589. The second kappa shape index (κ2) is 6.64. The third kappa shape index (κ3) is 3.18. The first kappa shape index (κ1) is 17.7. The Kier molecular flexibility index (Phi) is 4.52. The van der Waals surface area contributed by atoms with E-state index in [2.05, 4.69) is 10.2 Å². The molecule has 8 heteroatoms. The maximum Gasteiger partial charge on any atom is 0.268 e. The summed E-state index contributed by atoms with van der Waals surface area (Å²) in [5.41, 5.74) is 13.6. The third-order valence-electron chi connectivity index (χ3n) is 3.98. The van der Waals surface area contributed by atoms with Gasteiger partial charge in [0.15, 0.2) is 0 Å². The van der Waals surface area contributed by atoms with Gasteiger partial charge in [-0.3, -0.25) is 0 Å². The number of aryl methyl sites for hydroxylation is 2. The van der Waals surface area contributed by atoms with Gasteiger partial charge in [0, 0.05) is 17.1 Å². The van der Waals surface area contributed by atoms with Crippen molar-refractivity contribution in [2.24, 2.45) is 21.7 Å². The van der Waals surface area contributed by atoms with Gasteiger partial charge in [-0.1, -0.05) is 29.8 Å². The van der Waals surface area contributed by atoms with Gasteiger partial charge in [0.05, 0.1) is 16.6 Å². The first-order valence-corrected chi connectivity index (χ1v) is 9.29. The van der Waals surface area contributed by atoms with Crippen molar-refractivity contribution in [3.63, 3.8) is 0 Å². The van der Waals surface area contributed by atoms with Crippen molar-refractivity contribution in [1.29, 1.82) is 0 Å². The molecule has 7 nitrogen and oxygen atoms in total. The summed E-state index contributed by atoms with van der Waals surface area (Å²) in [6, 6.07) is 12.2. The Labute approximate surface area is 151 Å². The second-order valence-corrected chi connectivity index (χ2v) is 7.75. The van der Waals surface area contributed by atoms with E-state index in [1.807, 2.05) is 26.0 Å². The maximum atomic E-state index is 13.1. The number of rotatable bonds is 4. The fraction of sp³-hybridized carbons (Fsp3) is 0.111. The lowest BCUT2D eigenvalue weighted by Crippen LogP contribution is -2.21. The highest BCUT2D eigenvalue weighted by Gasteiger charge is 2.21. The van der Waals surface area contributed by atoms with Crippen LogP contribution in [0.15, 0.2) is 63.8 Å². The predicted octanol–water partition coefficient (Wildman–Crippen LogP) is 2.10. The van der Waals surface area contributed by atoms with Crippen molar-refractivity contribution >= 4 is 33.1 Å². The Bertz CT molecular complexity index is 1120. The molecule has 0 amide bonds. The Balaban J connectivity index is 2.24. The molecule has 0 saturated heterocycles. The summed E-state index contributed by atoms with van der Waals surface area (Å²) in [7, 11) is -3.75. The minimum absolute atomic E-state index is 0.172. The molecule has 3 rings (SSSR count). The Morgan fingerprint density at radius 1 is 1.08 bits per heavy atom. The molecule has 26 heavy (non-hydrogen) atoms. The molecule has 4 N–H and O–H groups in total. The number of nitrogens with two attached hydrogens (primary N) is 2. The van der Waals surface area contributed by atoms with Gasteiger partial charge in [0.25, 0.3) is 10.0 Å². The van der Waals surface area contributed by atoms with Gasteiger partial charge in [-0.25, -0.2) is 12.4 Å². The van der Waals surface area contributed by atoms with Crippen LogP contribution in [0.3, 0.4) is 0 Å². The van der Waals surface area contributed by atoms with Crippen LogP contribution in [0.25, 0.3) is 10.9 Å². The van der Waals surface area contributed by atoms with Crippen LogP contribution in [0.5, 0.6) is 0 Å². The van der Waals surface area contributed by atoms with Gasteiger partial charge in [-0.2, -0.15) is 5.10 Å². The van der Waals surface area contributed by atoms with Crippen molar-refractivity contribution < 1.29 is 8.42 Å². The fourth-order valence-electron chi connectivity index (χ4n) is 2.75. The molecule has 0 saturated carbocycles. The third-order valence-corrected chi connectivity index (χ3v) is 5.67. The quantitative estimate of drug-likeness (QED) is 0.416. The van der Waals surface area contributed by atoms with Gasteiger partial charge in [0.1, 0.15) is 0 Å². The minimum atomic E-state index is -3.75. The number of aromatic nitrogens is 1. The van der Waals surface area contributed by atoms with E-state index in [0.717, 1.165) is 16.5 Å². The van der Waals surface area contributed by atoms with Crippen LogP contribution in [0.2, 0.25) is 0 Å². The summed E-state index contributed by atoms with van der Waals surface area (Å²) in [4.78, 5) is 0.217. The topological polar surface area (TPSA) is 116 Å². The fourth-order valence-corrected chi connectivity index (χ4v) is 4.12. The summed E-state index contributed by atoms with van der Waals surface area (Å²) in [6.07, 6.45) is 2.97. The lowest BCUT2D eigenvalue weighted by Gasteiger charge is -2.08. The smallest absolute Gasteiger partial charge is 0.268 e. The molecule has 1 aromatic heterocycles. The molecule has 0 aliphatic carbocycles. The average molecular weight is 369 g/mol. The molecular formula is C18H19N5O2S. The number of fused-ring (bicyclic) bond motifs is 1. The van der Waals surface area contributed by atoms with Gasteiger partial charge in [0.2, 0.25) is 5.96 Å². The molecule has 0 aliphatic rings. The van der Waals surface area contributed by atoms with E-state index in [-0.39, 0.29) is 10.9 Å². The zero-order chi connectivity index (χ0) is 18.9. The number of guanidine groups is 1. The molecule has 0 radical (unpaired) electrons. The van der Waals surface area contributed by atoms with Crippen molar-refractivity contribution in [3.8, 4) is 0 Å². The molecular weight excluding hydrogens is 350 g/mol. The van der Waals surface area contributed by atoms with Gasteiger partial charge in [-0.15, -0.1) is 5.10 Å². The van der Waals surface area contributed by atoms with Crippen LogP contribution >= 0.6 is 0 Å². The van der Waals surface area contributed by atoms with Crippen LogP contribution < -0.4 is 11.5 Å². The zero-order valence-corrected chi connectivity index (χ0v) is 15.2. The molecule has 0 unspecified atom stereocenters. The van der Waals surface area contributed by atoms with Gasteiger partial charge < -0.3 is 11.5 Å². The van der Waals surface area contributed by atoms with Crippen molar-refractivity contribution in [2.75, 3.05) is 0 Å². The number of hydrogen-bond acceptors (Lipinski definition) is 4. The molecule has 0 atom stereocenters. The Hall–Kier alpha value is -3.13. The summed E-state index contributed by atoms with van der Waals surface area (Å²) in [5, 5.41) is 8.17. The normalized spacial score (nSPS) is 11.9. The van der Waals surface area contributed by atoms with Crippen LogP contribution in [0.1, 0.15) is 16.7 Å². The predicted molar refractivity (Wildman–Crippen MR) is 104 cm³/mol. The first-order chi connectivity index (χ1) is 12.3. The number of nitrogens with zero attached hydrogens (tertiary/aromatic N) is 3. The van der Waals surface area contributed by atoms with Crippen LogP contribution in [0.4, 0.5) is 0 Å². The monoisotopic (exact) mass is 369 g/mol. The largest absolute Gasteiger partial charge is 0.369 e. The van der Waals surface area contributed by atoms with E-state index in [9.17, 15) is 8.42 Å². The van der Waals surface area contributed by atoms with E-state index in [1.54, 1.807) is 30.3 Å². The molecule has 0 bridgehead atoms. The highest BCUT2D eigenvalue weighted by molar-refractivity contribution is 7.90. The van der Waals surface area contributed by atoms with E-state index in [1.165, 1.54) is 16.4 Å². The maximum absolute atomic E-state index is 13.1. The molecule has 3 aromatic rings. The number of benzene rings is 2. The lowest BCUT2D eigenvalue weighted by atomic mass is 10.1. The zero-order valence-electron chi connectivity index (χ0n) is 14.4. The Morgan fingerprint density at radius 2 is 1.77 bits per heavy atom. The summed E-state index contributed by atoms with van der Waals surface area (Å²) in [5.74, 6) is -0.172. The first-order valence-electron chi connectivity index (χ1n) is 7.85. The van der Waals surface area contributed by atoms with E-state index in [4.69, 9.17) is 11.5 Å². The van der Waals surface area contributed by atoms with E-state index < -0.39 is 10.0 Å². The Morgan fingerprint density at radius 3 is 2.42 bits per heavy atom. The van der Waals surface area contributed by atoms with Crippen molar-refractivity contribution in [1.82, 2.24) is 3.97 Å². The van der Waals surface area contributed by atoms with Crippen molar-refractivity contribution in [3.05, 3.63) is 65.4 Å². The average Bonchev–Trinajstić information content (AvgIpc) is 2.96. The van der Waals surface area contributed by atoms with Crippen LogP contribution in [0, 0.1) is 13.8 Å². The minimum Gasteiger partial charge on any atom is -0.369 e. The second-order valence-electron chi connectivity index (χ2n) is 5.94.